The quantitative estimate of drug-likeness (QED) is 0.551. The van der Waals surface area contributed by atoms with Crippen LogP contribution in [0.15, 0.2) is 48.8 Å². The van der Waals surface area contributed by atoms with Crippen LogP contribution in [0, 0.1) is 0 Å². The Hall–Kier alpha value is -3.83. The molecule has 0 saturated carbocycles. The molecule has 11 nitrogen and oxygen atoms in total. The van der Waals surface area contributed by atoms with Crippen LogP contribution in [-0.4, -0.2) is 71.1 Å². The summed E-state index contributed by atoms with van der Waals surface area (Å²) in [7, 11) is 0. The Balaban J connectivity index is 1.35. The van der Waals surface area contributed by atoms with Crippen LogP contribution in [0.3, 0.4) is 0 Å². The molecule has 2 amide bonds. The molecule has 3 aromatic rings. The molecular formula is C24H27N7O4. The molecule has 2 N–H and O–H groups in total. The minimum Gasteiger partial charge on any atom is -0.457 e. The van der Waals surface area contributed by atoms with Gasteiger partial charge in [0.05, 0.1) is 44.4 Å². The number of benzene rings is 1. The molecule has 1 aromatic carbocycles. The molecule has 2 saturated heterocycles. The molecule has 1 unspecified atom stereocenters. The lowest BCUT2D eigenvalue weighted by molar-refractivity contribution is 0.0977. The number of nitrogens with one attached hydrogen (secondary N) is 2. The van der Waals surface area contributed by atoms with Crippen molar-refractivity contribution in [1.29, 1.82) is 0 Å². The van der Waals surface area contributed by atoms with Crippen LogP contribution in [0.25, 0.3) is 11.4 Å². The second kappa shape index (κ2) is 10.6. The van der Waals surface area contributed by atoms with Crippen molar-refractivity contribution < 1.29 is 19.0 Å². The van der Waals surface area contributed by atoms with Crippen LogP contribution in [0.1, 0.15) is 13.3 Å². The van der Waals surface area contributed by atoms with Crippen molar-refractivity contribution in [2.24, 2.45) is 0 Å². The van der Waals surface area contributed by atoms with Crippen LogP contribution in [-0.2, 0) is 9.47 Å². The Morgan fingerprint density at radius 2 is 1.86 bits per heavy atom. The van der Waals surface area contributed by atoms with Gasteiger partial charge in [0.2, 0.25) is 5.95 Å². The number of carbonyl (C=O) groups excluding carboxylic acids is 1. The molecule has 11 heteroatoms. The lowest BCUT2D eigenvalue weighted by Crippen LogP contribution is -2.44. The largest absolute Gasteiger partial charge is 0.457 e. The fraction of sp³-hybridized carbons (Fsp3) is 0.375. The van der Waals surface area contributed by atoms with Crippen molar-refractivity contribution in [2.75, 3.05) is 48.5 Å². The Kier molecular flexibility index (Phi) is 6.96. The number of rotatable bonds is 6. The van der Waals surface area contributed by atoms with Gasteiger partial charge in [-0.25, -0.2) is 4.79 Å². The number of ether oxygens (including phenoxy) is 3. The average molecular weight is 478 g/mol. The normalized spacial score (nSPS) is 19.9. The summed E-state index contributed by atoms with van der Waals surface area (Å²) in [6.45, 7) is 5.16. The minimum atomic E-state index is -0.357. The summed E-state index contributed by atoms with van der Waals surface area (Å²) in [4.78, 5) is 32.3. The molecule has 0 spiro atoms. The van der Waals surface area contributed by atoms with E-state index in [9.17, 15) is 4.79 Å². The maximum atomic E-state index is 12.3. The summed E-state index contributed by atoms with van der Waals surface area (Å²) in [6.07, 6.45) is 3.94. The predicted molar refractivity (Wildman–Crippen MR) is 130 cm³/mol. The van der Waals surface area contributed by atoms with Gasteiger partial charge in [-0.2, -0.15) is 15.0 Å². The Bertz CT molecular complexity index is 1140. The van der Waals surface area contributed by atoms with E-state index in [1.165, 1.54) is 0 Å². The van der Waals surface area contributed by atoms with Gasteiger partial charge >= 0.3 is 12.0 Å². The fourth-order valence-corrected chi connectivity index (χ4v) is 3.87. The molecule has 0 bridgehead atoms. The smallest absolute Gasteiger partial charge is 0.323 e. The maximum Gasteiger partial charge on any atom is 0.323 e. The molecule has 0 radical (unpaired) electrons. The van der Waals surface area contributed by atoms with Crippen molar-refractivity contribution in [3.63, 3.8) is 0 Å². The van der Waals surface area contributed by atoms with Gasteiger partial charge in [0.1, 0.15) is 6.10 Å². The molecule has 4 heterocycles. The first-order chi connectivity index (χ1) is 17.1. The van der Waals surface area contributed by atoms with Crippen LogP contribution < -0.4 is 20.3 Å². The van der Waals surface area contributed by atoms with E-state index in [1.807, 2.05) is 12.1 Å². The SMILES string of the molecule is C[C@H]1COCCN1c1nc(OC2CCOC2)nc(-c2ccc(NC(=O)Nc3cccnc3)cc2)n1. The number of anilines is 3. The topological polar surface area (TPSA) is 124 Å². The van der Waals surface area contributed by atoms with Gasteiger partial charge < -0.3 is 29.7 Å². The first kappa shape index (κ1) is 22.9. The number of hydrogen-bond donors (Lipinski definition) is 2. The predicted octanol–water partition coefficient (Wildman–Crippen LogP) is 2.97. The van der Waals surface area contributed by atoms with Gasteiger partial charge in [0, 0.05) is 30.4 Å². The van der Waals surface area contributed by atoms with Crippen LogP contribution in [0.2, 0.25) is 0 Å². The average Bonchev–Trinajstić information content (AvgIpc) is 3.38. The number of carbonyl (C=O) groups is 1. The second-order valence-corrected chi connectivity index (χ2v) is 8.36. The molecule has 2 fully saturated rings. The highest BCUT2D eigenvalue weighted by molar-refractivity contribution is 5.99. The minimum absolute atomic E-state index is 0.0786. The van der Waals surface area contributed by atoms with Gasteiger partial charge in [-0.05, 0) is 43.3 Å². The zero-order valence-electron chi connectivity index (χ0n) is 19.4. The number of morpholine rings is 1. The lowest BCUT2D eigenvalue weighted by atomic mass is 10.2. The van der Waals surface area contributed by atoms with Crippen molar-refractivity contribution in [1.82, 2.24) is 19.9 Å². The third-order valence-electron chi connectivity index (χ3n) is 5.71. The molecule has 182 valence electrons. The molecule has 2 aliphatic rings. The zero-order chi connectivity index (χ0) is 24.0. The van der Waals surface area contributed by atoms with Gasteiger partial charge in [0.25, 0.3) is 0 Å². The van der Waals surface area contributed by atoms with E-state index in [0.29, 0.717) is 56.1 Å². The number of amides is 2. The van der Waals surface area contributed by atoms with Gasteiger partial charge in [-0.15, -0.1) is 0 Å². The number of pyridine rings is 1. The van der Waals surface area contributed by atoms with E-state index in [1.54, 1.807) is 36.7 Å². The van der Waals surface area contributed by atoms with E-state index in [0.717, 1.165) is 12.0 Å². The summed E-state index contributed by atoms with van der Waals surface area (Å²) in [5, 5.41) is 5.54. The molecular weight excluding hydrogens is 450 g/mol. The third-order valence-corrected chi connectivity index (χ3v) is 5.71. The number of aromatic nitrogens is 4. The van der Waals surface area contributed by atoms with E-state index < -0.39 is 0 Å². The summed E-state index contributed by atoms with van der Waals surface area (Å²) in [5.41, 5.74) is 2.02. The fourth-order valence-electron chi connectivity index (χ4n) is 3.87. The first-order valence-electron chi connectivity index (χ1n) is 11.6. The third kappa shape index (κ3) is 5.81. The monoisotopic (exact) mass is 477 g/mol. The summed E-state index contributed by atoms with van der Waals surface area (Å²) in [6, 6.07) is 10.9. The van der Waals surface area contributed by atoms with E-state index in [4.69, 9.17) is 19.2 Å². The molecule has 0 aliphatic carbocycles. The van der Waals surface area contributed by atoms with Crippen molar-refractivity contribution in [3.8, 4) is 17.4 Å². The Morgan fingerprint density at radius 1 is 1.03 bits per heavy atom. The summed E-state index contributed by atoms with van der Waals surface area (Å²) in [5.74, 6) is 1.05. The van der Waals surface area contributed by atoms with Gasteiger partial charge in [-0.1, -0.05) is 0 Å². The highest BCUT2D eigenvalue weighted by Gasteiger charge is 2.25. The molecule has 2 aliphatic heterocycles. The van der Waals surface area contributed by atoms with Crippen molar-refractivity contribution >= 4 is 23.4 Å². The van der Waals surface area contributed by atoms with E-state index >= 15 is 0 Å². The zero-order valence-corrected chi connectivity index (χ0v) is 19.4. The maximum absolute atomic E-state index is 12.3. The Labute approximate surface area is 202 Å². The number of nitrogens with zero attached hydrogens (tertiary/aromatic N) is 5. The molecule has 35 heavy (non-hydrogen) atoms. The lowest BCUT2D eigenvalue weighted by Gasteiger charge is -2.33. The molecule has 2 atom stereocenters. The first-order valence-corrected chi connectivity index (χ1v) is 11.6. The Morgan fingerprint density at radius 3 is 2.60 bits per heavy atom. The number of urea groups is 1. The van der Waals surface area contributed by atoms with Crippen LogP contribution in [0.4, 0.5) is 22.1 Å². The summed E-state index contributed by atoms with van der Waals surface area (Å²) >= 11 is 0. The van der Waals surface area contributed by atoms with Crippen molar-refractivity contribution in [3.05, 3.63) is 48.8 Å². The van der Waals surface area contributed by atoms with E-state index in [2.05, 4.69) is 37.4 Å². The van der Waals surface area contributed by atoms with Gasteiger partial charge in [0.15, 0.2) is 5.82 Å². The van der Waals surface area contributed by atoms with E-state index in [-0.39, 0.29) is 24.2 Å². The molecule has 5 rings (SSSR count). The van der Waals surface area contributed by atoms with Crippen molar-refractivity contribution in [2.45, 2.75) is 25.5 Å². The van der Waals surface area contributed by atoms with Crippen LogP contribution >= 0.6 is 0 Å². The highest BCUT2D eigenvalue weighted by atomic mass is 16.6. The number of hydrogen-bond acceptors (Lipinski definition) is 9. The summed E-state index contributed by atoms with van der Waals surface area (Å²) < 4.78 is 17.0. The highest BCUT2D eigenvalue weighted by Crippen LogP contribution is 2.25. The standard InChI is InChI=1S/C24H27N7O4/c1-16-14-34-12-10-31(16)22-28-21(29-24(30-22)35-20-8-11-33-15-20)17-4-6-18(7-5-17)26-23(32)27-19-3-2-9-25-13-19/h2-7,9,13,16,20H,8,10-12,14-15H2,1H3,(H2,26,27,32)/t16-,20?/m0/s1. The van der Waals surface area contributed by atoms with Crippen LogP contribution in [0.5, 0.6) is 6.01 Å². The molecule has 2 aromatic heterocycles. The van der Waals surface area contributed by atoms with Gasteiger partial charge in [-0.3, -0.25) is 4.98 Å². The second-order valence-electron chi connectivity index (χ2n) is 8.36.